The molecule has 0 saturated heterocycles. The van der Waals surface area contributed by atoms with Gasteiger partial charge in [-0.3, -0.25) is 4.68 Å². The van der Waals surface area contributed by atoms with Crippen molar-refractivity contribution in [2.45, 2.75) is 32.9 Å². The van der Waals surface area contributed by atoms with Crippen molar-refractivity contribution in [1.29, 1.82) is 0 Å². The molecule has 1 N–H and O–H groups in total. The number of hydrogen-bond acceptors (Lipinski definition) is 4. The van der Waals surface area contributed by atoms with Crippen LogP contribution in [0.5, 0.6) is 0 Å². The first-order valence-electron chi connectivity index (χ1n) is 5.92. The average molecular weight is 259 g/mol. The van der Waals surface area contributed by atoms with Crippen molar-refractivity contribution in [3.63, 3.8) is 0 Å². The molecule has 0 atom stereocenters. The van der Waals surface area contributed by atoms with Gasteiger partial charge in [0, 0.05) is 25.5 Å². The van der Waals surface area contributed by atoms with Gasteiger partial charge in [0.05, 0.1) is 11.4 Å². The third-order valence-electron chi connectivity index (χ3n) is 2.41. The van der Waals surface area contributed by atoms with Gasteiger partial charge in [0.25, 0.3) is 0 Å². The SMILES string of the molecule is CCCn1nccc1CNCCCS(C)(=O)=O. The number of aryl methyl sites for hydroxylation is 1. The average Bonchev–Trinajstić information content (AvgIpc) is 2.64. The molecule has 0 aromatic carbocycles. The van der Waals surface area contributed by atoms with E-state index in [0.717, 1.165) is 25.2 Å². The van der Waals surface area contributed by atoms with Gasteiger partial charge in [0.15, 0.2) is 0 Å². The highest BCUT2D eigenvalue weighted by atomic mass is 32.2. The zero-order chi connectivity index (χ0) is 12.7. The van der Waals surface area contributed by atoms with Crippen LogP contribution in [0, 0.1) is 0 Å². The molecule has 0 aliphatic rings. The van der Waals surface area contributed by atoms with Gasteiger partial charge in [-0.25, -0.2) is 8.42 Å². The molecule has 17 heavy (non-hydrogen) atoms. The Labute approximate surface area is 103 Å². The third-order valence-corrected chi connectivity index (χ3v) is 3.44. The molecule has 0 radical (unpaired) electrons. The Morgan fingerprint density at radius 3 is 2.88 bits per heavy atom. The summed E-state index contributed by atoms with van der Waals surface area (Å²) in [7, 11) is -2.83. The number of sulfone groups is 1. The summed E-state index contributed by atoms with van der Waals surface area (Å²) in [5.41, 5.74) is 1.14. The van der Waals surface area contributed by atoms with Gasteiger partial charge in [-0.2, -0.15) is 5.10 Å². The smallest absolute Gasteiger partial charge is 0.147 e. The normalized spacial score (nSPS) is 11.9. The van der Waals surface area contributed by atoms with E-state index in [0.29, 0.717) is 13.0 Å². The maximum atomic E-state index is 10.9. The van der Waals surface area contributed by atoms with E-state index < -0.39 is 9.84 Å². The second-order valence-electron chi connectivity index (χ2n) is 4.21. The van der Waals surface area contributed by atoms with Crippen molar-refractivity contribution in [1.82, 2.24) is 15.1 Å². The van der Waals surface area contributed by atoms with Crippen LogP contribution in [-0.4, -0.2) is 36.8 Å². The molecule has 0 unspecified atom stereocenters. The molecule has 5 nitrogen and oxygen atoms in total. The zero-order valence-electron chi connectivity index (χ0n) is 10.5. The molecule has 98 valence electrons. The Hall–Kier alpha value is -0.880. The lowest BCUT2D eigenvalue weighted by molar-refractivity contribution is 0.547. The molecule has 1 heterocycles. The Bertz CT molecular complexity index is 426. The summed E-state index contributed by atoms with van der Waals surface area (Å²) in [6, 6.07) is 1.99. The van der Waals surface area contributed by atoms with Crippen molar-refractivity contribution < 1.29 is 8.42 Å². The molecular formula is C11H21N3O2S. The number of hydrogen-bond donors (Lipinski definition) is 1. The van der Waals surface area contributed by atoms with Crippen molar-refractivity contribution in [3.8, 4) is 0 Å². The molecular weight excluding hydrogens is 238 g/mol. The molecule has 1 aromatic heterocycles. The topological polar surface area (TPSA) is 64.0 Å². The van der Waals surface area contributed by atoms with Crippen LogP contribution >= 0.6 is 0 Å². The molecule has 0 bridgehead atoms. The number of nitrogens with zero attached hydrogens (tertiary/aromatic N) is 2. The monoisotopic (exact) mass is 259 g/mol. The number of nitrogens with one attached hydrogen (secondary N) is 1. The van der Waals surface area contributed by atoms with Crippen LogP contribution in [-0.2, 0) is 22.9 Å². The first kappa shape index (κ1) is 14.2. The fraction of sp³-hybridized carbons (Fsp3) is 0.727. The van der Waals surface area contributed by atoms with E-state index in [-0.39, 0.29) is 5.75 Å². The van der Waals surface area contributed by atoms with Crippen molar-refractivity contribution >= 4 is 9.84 Å². The summed E-state index contributed by atoms with van der Waals surface area (Å²) in [5.74, 6) is 0.244. The van der Waals surface area contributed by atoms with Crippen LogP contribution in [0.2, 0.25) is 0 Å². The highest BCUT2D eigenvalue weighted by Crippen LogP contribution is 1.99. The first-order chi connectivity index (χ1) is 8.03. The number of aromatic nitrogens is 2. The molecule has 0 fully saturated rings. The maximum absolute atomic E-state index is 10.9. The second kappa shape index (κ2) is 6.76. The lowest BCUT2D eigenvalue weighted by Crippen LogP contribution is -2.20. The van der Waals surface area contributed by atoms with Gasteiger partial charge >= 0.3 is 0 Å². The minimum absolute atomic E-state index is 0.244. The Balaban J connectivity index is 2.24. The van der Waals surface area contributed by atoms with Crippen molar-refractivity contribution in [3.05, 3.63) is 18.0 Å². The lowest BCUT2D eigenvalue weighted by atomic mass is 10.4. The molecule has 1 rings (SSSR count). The molecule has 0 aliphatic heterocycles. The quantitative estimate of drug-likeness (QED) is 0.702. The lowest BCUT2D eigenvalue weighted by Gasteiger charge is -2.07. The third kappa shape index (κ3) is 5.83. The maximum Gasteiger partial charge on any atom is 0.147 e. The second-order valence-corrected chi connectivity index (χ2v) is 6.47. The van der Waals surface area contributed by atoms with E-state index in [4.69, 9.17) is 0 Å². The van der Waals surface area contributed by atoms with Gasteiger partial charge in [-0.15, -0.1) is 0 Å². The Morgan fingerprint density at radius 1 is 1.47 bits per heavy atom. The highest BCUT2D eigenvalue weighted by molar-refractivity contribution is 7.90. The fourth-order valence-electron chi connectivity index (χ4n) is 1.60. The minimum Gasteiger partial charge on any atom is -0.311 e. The first-order valence-corrected chi connectivity index (χ1v) is 7.98. The summed E-state index contributed by atoms with van der Waals surface area (Å²) in [6.07, 6.45) is 4.77. The van der Waals surface area contributed by atoms with Crippen LogP contribution in [0.25, 0.3) is 0 Å². The van der Waals surface area contributed by atoms with Crippen LogP contribution in [0.1, 0.15) is 25.5 Å². The van der Waals surface area contributed by atoms with E-state index in [2.05, 4.69) is 17.3 Å². The van der Waals surface area contributed by atoms with Crippen molar-refractivity contribution in [2.24, 2.45) is 0 Å². The Morgan fingerprint density at radius 2 is 2.24 bits per heavy atom. The summed E-state index contributed by atoms with van der Waals surface area (Å²) in [5, 5.41) is 7.46. The Kier molecular flexibility index (Phi) is 5.64. The highest BCUT2D eigenvalue weighted by Gasteiger charge is 2.03. The summed E-state index contributed by atoms with van der Waals surface area (Å²) in [6.45, 7) is 4.49. The van der Waals surface area contributed by atoms with E-state index >= 15 is 0 Å². The van der Waals surface area contributed by atoms with Crippen molar-refractivity contribution in [2.75, 3.05) is 18.6 Å². The summed E-state index contributed by atoms with van der Waals surface area (Å²) in [4.78, 5) is 0. The van der Waals surface area contributed by atoms with Crippen LogP contribution in [0.4, 0.5) is 0 Å². The van der Waals surface area contributed by atoms with Crippen LogP contribution < -0.4 is 5.32 Å². The van der Waals surface area contributed by atoms with Gasteiger partial charge in [-0.05, 0) is 25.5 Å². The van der Waals surface area contributed by atoms with Gasteiger partial charge in [0.1, 0.15) is 9.84 Å². The molecule has 0 aliphatic carbocycles. The minimum atomic E-state index is -2.83. The fourth-order valence-corrected chi connectivity index (χ4v) is 2.27. The largest absolute Gasteiger partial charge is 0.311 e. The summed E-state index contributed by atoms with van der Waals surface area (Å²) >= 11 is 0. The van der Waals surface area contributed by atoms with E-state index in [9.17, 15) is 8.42 Å². The molecule has 1 aromatic rings. The number of rotatable bonds is 8. The van der Waals surface area contributed by atoms with E-state index in [1.807, 2.05) is 10.7 Å². The predicted octanol–water partition coefficient (Wildman–Crippen LogP) is 0.817. The molecule has 0 spiro atoms. The van der Waals surface area contributed by atoms with E-state index in [1.165, 1.54) is 6.26 Å². The predicted molar refractivity (Wildman–Crippen MR) is 68.6 cm³/mol. The van der Waals surface area contributed by atoms with Gasteiger partial charge in [-0.1, -0.05) is 6.92 Å². The summed E-state index contributed by atoms with van der Waals surface area (Å²) < 4.78 is 23.8. The standard InChI is InChI=1S/C11H21N3O2S/c1-3-8-14-11(5-7-13-14)10-12-6-4-9-17(2,15)16/h5,7,12H,3-4,6,8-10H2,1-2H3. The van der Waals surface area contributed by atoms with Crippen LogP contribution in [0.3, 0.4) is 0 Å². The molecule has 0 amide bonds. The molecule has 6 heteroatoms. The van der Waals surface area contributed by atoms with Crippen LogP contribution in [0.15, 0.2) is 12.3 Å². The molecule has 0 saturated carbocycles. The zero-order valence-corrected chi connectivity index (χ0v) is 11.3. The van der Waals surface area contributed by atoms with E-state index in [1.54, 1.807) is 6.20 Å². The van der Waals surface area contributed by atoms with Gasteiger partial charge in [0.2, 0.25) is 0 Å². The van der Waals surface area contributed by atoms with Gasteiger partial charge < -0.3 is 5.32 Å².